The lowest BCUT2D eigenvalue weighted by atomic mass is 10.3. The number of nitrogens with one attached hydrogen (secondary N) is 1. The van der Waals surface area contributed by atoms with E-state index < -0.39 is 0 Å². The molecule has 0 aliphatic rings. The van der Waals surface area contributed by atoms with Crippen LogP contribution in [0.25, 0.3) is 0 Å². The molecule has 0 unspecified atom stereocenters. The van der Waals surface area contributed by atoms with Crippen LogP contribution in [0.4, 0.5) is 0 Å². The Hall–Kier alpha value is -0.380. The van der Waals surface area contributed by atoms with E-state index in [0.29, 0.717) is 6.10 Å². The minimum atomic E-state index is 0.338. The summed E-state index contributed by atoms with van der Waals surface area (Å²) < 4.78 is 10.9. The molecule has 0 aliphatic heterocycles. The van der Waals surface area contributed by atoms with Crippen molar-refractivity contribution in [2.24, 2.45) is 0 Å². The molecule has 96 valence electrons. The first-order chi connectivity index (χ1) is 7.63. The summed E-state index contributed by atoms with van der Waals surface area (Å²) in [4.78, 5) is 0. The van der Waals surface area contributed by atoms with Crippen LogP contribution in [0.3, 0.4) is 0 Å². The lowest BCUT2D eigenvalue weighted by Crippen LogP contribution is -2.22. The Balaban J connectivity index is 2.96. The number of hydrogen-bond acceptors (Lipinski definition) is 3. The molecule has 0 atom stereocenters. The van der Waals surface area contributed by atoms with Gasteiger partial charge in [-0.1, -0.05) is 5.57 Å². The van der Waals surface area contributed by atoms with Crippen molar-refractivity contribution in [1.29, 1.82) is 0 Å². The monoisotopic (exact) mass is 229 g/mol. The third kappa shape index (κ3) is 13.6. The molecule has 0 fully saturated rings. The standard InChI is InChI=1S/C13H27NO2/c1-12(2)6-10-15-11-8-14-7-5-9-16-13(3)4/h13-14H,1,5-11H2,2-4H3. The van der Waals surface area contributed by atoms with Gasteiger partial charge in [-0.25, -0.2) is 0 Å². The summed E-state index contributed by atoms with van der Waals surface area (Å²) >= 11 is 0. The van der Waals surface area contributed by atoms with Crippen LogP contribution >= 0.6 is 0 Å². The van der Waals surface area contributed by atoms with E-state index in [1.54, 1.807) is 0 Å². The molecule has 0 aromatic heterocycles. The Morgan fingerprint density at radius 1 is 1.19 bits per heavy atom. The SMILES string of the molecule is C=C(C)CCOCCNCCCOC(C)C. The van der Waals surface area contributed by atoms with Crippen LogP contribution < -0.4 is 5.32 Å². The molecular formula is C13H27NO2. The third-order valence-corrected chi connectivity index (χ3v) is 2.05. The van der Waals surface area contributed by atoms with E-state index in [1.165, 1.54) is 5.57 Å². The highest BCUT2D eigenvalue weighted by molar-refractivity contribution is 4.86. The van der Waals surface area contributed by atoms with Crippen molar-refractivity contribution in [3.05, 3.63) is 12.2 Å². The smallest absolute Gasteiger partial charge is 0.0591 e. The van der Waals surface area contributed by atoms with Crippen LogP contribution in [-0.2, 0) is 9.47 Å². The molecule has 0 saturated carbocycles. The predicted octanol–water partition coefficient (Wildman–Crippen LogP) is 2.37. The van der Waals surface area contributed by atoms with E-state index in [-0.39, 0.29) is 0 Å². The molecule has 0 spiro atoms. The highest BCUT2D eigenvalue weighted by Crippen LogP contribution is 1.94. The van der Waals surface area contributed by atoms with Crippen molar-refractivity contribution < 1.29 is 9.47 Å². The van der Waals surface area contributed by atoms with Crippen LogP contribution in [-0.4, -0.2) is 39.0 Å². The number of rotatable bonds is 11. The Morgan fingerprint density at radius 3 is 2.56 bits per heavy atom. The van der Waals surface area contributed by atoms with E-state index in [4.69, 9.17) is 9.47 Å². The molecule has 0 aromatic carbocycles. The van der Waals surface area contributed by atoms with Crippen LogP contribution in [0.1, 0.15) is 33.6 Å². The van der Waals surface area contributed by atoms with E-state index in [2.05, 4.69) is 25.7 Å². The molecule has 0 amide bonds. The van der Waals surface area contributed by atoms with Gasteiger partial charge >= 0.3 is 0 Å². The maximum Gasteiger partial charge on any atom is 0.0591 e. The van der Waals surface area contributed by atoms with Gasteiger partial charge in [-0.2, -0.15) is 0 Å². The van der Waals surface area contributed by atoms with Crippen LogP contribution in [0.2, 0.25) is 0 Å². The summed E-state index contributed by atoms with van der Waals surface area (Å²) in [7, 11) is 0. The fourth-order valence-electron chi connectivity index (χ4n) is 1.13. The van der Waals surface area contributed by atoms with Crippen molar-refractivity contribution in [3.63, 3.8) is 0 Å². The average molecular weight is 229 g/mol. The molecule has 3 nitrogen and oxygen atoms in total. The van der Waals surface area contributed by atoms with Gasteiger partial charge in [0, 0.05) is 13.2 Å². The molecule has 0 heterocycles. The average Bonchev–Trinajstić information content (AvgIpc) is 2.20. The maximum absolute atomic E-state index is 5.43. The van der Waals surface area contributed by atoms with E-state index in [9.17, 15) is 0 Å². The summed E-state index contributed by atoms with van der Waals surface area (Å²) in [6.07, 6.45) is 2.36. The van der Waals surface area contributed by atoms with E-state index >= 15 is 0 Å². The van der Waals surface area contributed by atoms with Crippen LogP contribution in [0.15, 0.2) is 12.2 Å². The highest BCUT2D eigenvalue weighted by Gasteiger charge is 1.93. The first-order valence-electron chi connectivity index (χ1n) is 6.17. The molecular weight excluding hydrogens is 202 g/mol. The van der Waals surface area contributed by atoms with Gasteiger partial charge < -0.3 is 14.8 Å². The maximum atomic E-state index is 5.43. The fraction of sp³-hybridized carbons (Fsp3) is 0.846. The predicted molar refractivity (Wildman–Crippen MR) is 68.8 cm³/mol. The second kappa shape index (κ2) is 11.1. The minimum Gasteiger partial charge on any atom is -0.380 e. The van der Waals surface area contributed by atoms with Gasteiger partial charge in [0.15, 0.2) is 0 Å². The van der Waals surface area contributed by atoms with Gasteiger partial charge in [0.1, 0.15) is 0 Å². The molecule has 0 radical (unpaired) electrons. The topological polar surface area (TPSA) is 30.5 Å². The number of ether oxygens (including phenoxy) is 2. The van der Waals surface area contributed by atoms with Gasteiger partial charge in [-0.05, 0) is 40.2 Å². The summed E-state index contributed by atoms with van der Waals surface area (Å²) in [5.41, 5.74) is 1.18. The first-order valence-corrected chi connectivity index (χ1v) is 6.17. The molecule has 0 aliphatic carbocycles. The third-order valence-electron chi connectivity index (χ3n) is 2.05. The lowest BCUT2D eigenvalue weighted by Gasteiger charge is -2.08. The molecule has 0 rings (SSSR count). The largest absolute Gasteiger partial charge is 0.380 e. The molecule has 3 heteroatoms. The highest BCUT2D eigenvalue weighted by atomic mass is 16.5. The molecule has 1 N–H and O–H groups in total. The molecule has 16 heavy (non-hydrogen) atoms. The van der Waals surface area contributed by atoms with Crippen LogP contribution in [0.5, 0.6) is 0 Å². The van der Waals surface area contributed by atoms with Crippen molar-refractivity contribution in [2.45, 2.75) is 39.7 Å². The van der Waals surface area contributed by atoms with Crippen molar-refractivity contribution in [1.82, 2.24) is 5.32 Å². The summed E-state index contributed by atoms with van der Waals surface area (Å²) in [5.74, 6) is 0. The zero-order valence-electron chi connectivity index (χ0n) is 11.1. The van der Waals surface area contributed by atoms with Crippen LogP contribution in [0, 0.1) is 0 Å². The Morgan fingerprint density at radius 2 is 1.94 bits per heavy atom. The van der Waals surface area contributed by atoms with Crippen molar-refractivity contribution in [2.75, 3.05) is 32.9 Å². The van der Waals surface area contributed by atoms with Gasteiger partial charge in [0.25, 0.3) is 0 Å². The van der Waals surface area contributed by atoms with E-state index in [0.717, 1.165) is 45.8 Å². The van der Waals surface area contributed by atoms with Gasteiger partial charge in [0.2, 0.25) is 0 Å². The van der Waals surface area contributed by atoms with E-state index in [1.807, 2.05) is 6.92 Å². The van der Waals surface area contributed by atoms with Crippen molar-refractivity contribution >= 4 is 0 Å². The molecule has 0 saturated heterocycles. The second-order valence-corrected chi connectivity index (χ2v) is 4.34. The normalized spacial score (nSPS) is 11.0. The van der Waals surface area contributed by atoms with Gasteiger partial charge in [0.05, 0.1) is 19.3 Å². The van der Waals surface area contributed by atoms with Gasteiger partial charge in [-0.15, -0.1) is 6.58 Å². The van der Waals surface area contributed by atoms with Gasteiger partial charge in [-0.3, -0.25) is 0 Å². The summed E-state index contributed by atoms with van der Waals surface area (Å²) in [5, 5.41) is 3.32. The second-order valence-electron chi connectivity index (χ2n) is 4.34. The quantitative estimate of drug-likeness (QED) is 0.436. The zero-order chi connectivity index (χ0) is 12.2. The Bertz CT molecular complexity index is 169. The Kier molecular flexibility index (Phi) is 10.9. The molecule has 0 bridgehead atoms. The number of hydrogen-bond donors (Lipinski definition) is 1. The minimum absolute atomic E-state index is 0.338. The zero-order valence-corrected chi connectivity index (χ0v) is 11.1. The van der Waals surface area contributed by atoms with Crippen molar-refractivity contribution in [3.8, 4) is 0 Å². The molecule has 0 aromatic rings. The summed E-state index contributed by atoms with van der Waals surface area (Å²) in [6, 6.07) is 0. The summed E-state index contributed by atoms with van der Waals surface area (Å²) in [6.45, 7) is 14.3. The lowest BCUT2D eigenvalue weighted by molar-refractivity contribution is 0.0764. The first kappa shape index (κ1) is 15.6. The fourth-order valence-corrected chi connectivity index (χ4v) is 1.13. The Labute approximate surface area is 100 Å².